The van der Waals surface area contributed by atoms with Crippen LogP contribution in [0.1, 0.15) is 99.3 Å². The molecule has 4 aliphatic carbocycles. The molecule has 0 aromatic rings. The third-order valence-electron chi connectivity index (χ3n) is 12.3. The SMILES string of the molecule is C=C(C)[C@@H]1C/C=C2/C(=O)O[C@@H](C/C(C)=C/C(=O)[C@H]3C[C@@]4(CC[C@@H]5[C@@H]4CC(C)(C)C[C@H]4C[C@]45C)OC(=C3C(=O)OC)C1)[C@@H]2OC(C)=O. The molecule has 250 valence electrons. The first-order chi connectivity index (χ1) is 21.6. The number of fused-ring (bicyclic) bond motifs is 7. The number of carbonyl (C=O) groups is 4. The van der Waals surface area contributed by atoms with Crippen molar-refractivity contribution in [2.45, 2.75) is 117 Å². The zero-order valence-electron chi connectivity index (χ0n) is 28.5. The molecule has 8 heteroatoms. The minimum atomic E-state index is -0.873. The maximum absolute atomic E-state index is 14.4. The molecule has 0 amide bonds. The van der Waals surface area contributed by atoms with E-state index in [9.17, 15) is 19.2 Å². The van der Waals surface area contributed by atoms with Gasteiger partial charge in [0, 0.05) is 32.1 Å². The van der Waals surface area contributed by atoms with E-state index in [2.05, 4.69) is 27.4 Å². The second-order valence-corrected chi connectivity index (χ2v) is 16.2. The molecule has 0 aromatic carbocycles. The molecule has 0 aromatic heterocycles. The van der Waals surface area contributed by atoms with Crippen molar-refractivity contribution < 1.29 is 38.1 Å². The zero-order valence-corrected chi connectivity index (χ0v) is 28.5. The Labute approximate surface area is 273 Å². The number of methoxy groups -OCH3 is 1. The zero-order chi connectivity index (χ0) is 33.3. The van der Waals surface area contributed by atoms with Crippen molar-refractivity contribution in [1.29, 1.82) is 0 Å². The average molecular weight is 635 g/mol. The van der Waals surface area contributed by atoms with Crippen LogP contribution >= 0.6 is 0 Å². The van der Waals surface area contributed by atoms with Gasteiger partial charge in [-0.25, -0.2) is 9.59 Å². The Morgan fingerprint density at radius 1 is 1.02 bits per heavy atom. The highest BCUT2D eigenvalue weighted by Crippen LogP contribution is 2.72. The number of hydrogen-bond donors (Lipinski definition) is 0. The van der Waals surface area contributed by atoms with E-state index < -0.39 is 41.6 Å². The van der Waals surface area contributed by atoms with Gasteiger partial charge in [-0.1, -0.05) is 44.6 Å². The first kappa shape index (κ1) is 32.8. The third kappa shape index (κ3) is 5.68. The lowest BCUT2D eigenvalue weighted by Gasteiger charge is -2.47. The minimum Gasteiger partial charge on any atom is -0.491 e. The van der Waals surface area contributed by atoms with Crippen molar-refractivity contribution >= 4 is 23.7 Å². The van der Waals surface area contributed by atoms with E-state index in [1.165, 1.54) is 26.9 Å². The lowest BCUT2D eigenvalue weighted by molar-refractivity contribution is -0.150. The van der Waals surface area contributed by atoms with Crippen LogP contribution in [0.25, 0.3) is 0 Å². The minimum absolute atomic E-state index is 0.152. The maximum Gasteiger partial charge on any atom is 0.338 e. The lowest BCUT2D eigenvalue weighted by Crippen LogP contribution is -2.48. The highest BCUT2D eigenvalue weighted by molar-refractivity contribution is 6.03. The predicted molar refractivity (Wildman–Crippen MR) is 171 cm³/mol. The topological polar surface area (TPSA) is 105 Å². The number of rotatable bonds is 3. The number of ether oxygens (including phenoxy) is 4. The van der Waals surface area contributed by atoms with E-state index in [0.717, 1.165) is 30.8 Å². The van der Waals surface area contributed by atoms with E-state index in [0.29, 0.717) is 47.5 Å². The van der Waals surface area contributed by atoms with Gasteiger partial charge in [-0.15, -0.1) is 0 Å². The normalized spacial score (nSPS) is 42.1. The monoisotopic (exact) mass is 634 g/mol. The summed E-state index contributed by atoms with van der Waals surface area (Å²) in [7, 11) is 1.35. The second-order valence-electron chi connectivity index (χ2n) is 16.2. The van der Waals surface area contributed by atoms with Gasteiger partial charge in [0.1, 0.15) is 17.5 Å². The summed E-state index contributed by atoms with van der Waals surface area (Å²) >= 11 is 0. The van der Waals surface area contributed by atoms with Crippen LogP contribution in [0.3, 0.4) is 0 Å². The van der Waals surface area contributed by atoms with Gasteiger partial charge in [0.2, 0.25) is 0 Å². The Balaban J connectivity index is 1.47. The molecule has 2 heterocycles. The van der Waals surface area contributed by atoms with Crippen LogP contribution in [0, 0.1) is 40.4 Å². The van der Waals surface area contributed by atoms with Gasteiger partial charge in [0.15, 0.2) is 11.9 Å². The molecule has 9 atom stereocenters. The standard InChI is InChI=1S/C38H50O8/c1-20(2)23-9-10-25-33(44-22(4)39)31(45-34(25)41)14-21(3)13-29(40)26-18-38(46-30(15-23)32(26)35(42)43-8)12-11-27-28(38)19-36(5,6)16-24-17-37(24,27)7/h10,13,23-24,26-28,31,33H,1,9,11-12,14-19H2,2-8H3/b21-13+,25-10+/t23-,24+,26-,27-,28+,31+,33-,37-,38-/m1/s1. The molecule has 8 nitrogen and oxygen atoms in total. The van der Waals surface area contributed by atoms with Crippen LogP contribution in [0.4, 0.5) is 0 Å². The molecule has 3 saturated carbocycles. The summed E-state index contributed by atoms with van der Waals surface area (Å²) in [6.45, 7) is 16.5. The molecule has 0 radical (unpaired) electrons. The van der Waals surface area contributed by atoms with E-state index >= 15 is 0 Å². The first-order valence-electron chi connectivity index (χ1n) is 17.0. The van der Waals surface area contributed by atoms with E-state index in [1.54, 1.807) is 12.2 Å². The van der Waals surface area contributed by atoms with Gasteiger partial charge in [-0.2, -0.15) is 0 Å². The Morgan fingerprint density at radius 2 is 1.76 bits per heavy atom. The van der Waals surface area contributed by atoms with Gasteiger partial charge in [0.25, 0.3) is 0 Å². The second kappa shape index (κ2) is 11.5. The molecule has 4 fully saturated rings. The van der Waals surface area contributed by atoms with Crippen LogP contribution in [0.5, 0.6) is 0 Å². The number of allylic oxidation sites excluding steroid dienone is 4. The molecular formula is C38H50O8. The number of carbonyl (C=O) groups excluding carboxylic acids is 4. The molecule has 46 heavy (non-hydrogen) atoms. The van der Waals surface area contributed by atoms with Crippen LogP contribution in [0.15, 0.2) is 46.8 Å². The highest BCUT2D eigenvalue weighted by Gasteiger charge is 2.67. The fourth-order valence-electron chi connectivity index (χ4n) is 9.89. The molecule has 0 unspecified atom stereocenters. The molecule has 6 aliphatic rings. The van der Waals surface area contributed by atoms with Gasteiger partial charge >= 0.3 is 17.9 Å². The Hall–Kier alpha value is -3.16. The summed E-state index contributed by atoms with van der Waals surface area (Å²) < 4.78 is 23.9. The molecule has 2 aliphatic heterocycles. The van der Waals surface area contributed by atoms with E-state index in [1.807, 2.05) is 13.8 Å². The summed E-state index contributed by atoms with van der Waals surface area (Å²) in [6, 6.07) is 0. The number of esters is 3. The molecule has 1 spiro atoms. The maximum atomic E-state index is 14.4. The van der Waals surface area contributed by atoms with Gasteiger partial charge < -0.3 is 18.9 Å². The molecule has 1 saturated heterocycles. The van der Waals surface area contributed by atoms with Crippen molar-refractivity contribution in [2.75, 3.05) is 7.11 Å². The summed E-state index contributed by atoms with van der Waals surface area (Å²) in [6.07, 6.45) is 8.48. The smallest absolute Gasteiger partial charge is 0.338 e. The van der Waals surface area contributed by atoms with Gasteiger partial charge in [-0.3, -0.25) is 9.59 Å². The van der Waals surface area contributed by atoms with Crippen LogP contribution < -0.4 is 0 Å². The van der Waals surface area contributed by atoms with Crippen LogP contribution in [-0.2, 0) is 38.1 Å². The largest absolute Gasteiger partial charge is 0.491 e. The number of ketones is 1. The molecule has 0 N–H and O–H groups in total. The van der Waals surface area contributed by atoms with Gasteiger partial charge in [0.05, 0.1) is 24.2 Å². The highest BCUT2D eigenvalue weighted by atomic mass is 16.6. The van der Waals surface area contributed by atoms with Crippen LogP contribution in [-0.4, -0.2) is 48.6 Å². The Morgan fingerprint density at radius 3 is 2.43 bits per heavy atom. The quantitative estimate of drug-likeness (QED) is 0.191. The van der Waals surface area contributed by atoms with Crippen molar-refractivity contribution in [2.24, 2.45) is 40.4 Å². The third-order valence-corrected chi connectivity index (χ3v) is 12.3. The van der Waals surface area contributed by atoms with E-state index in [4.69, 9.17) is 18.9 Å². The van der Waals surface area contributed by atoms with Crippen molar-refractivity contribution in [3.05, 3.63) is 46.8 Å². The first-order valence-corrected chi connectivity index (χ1v) is 17.0. The molecular weight excluding hydrogens is 584 g/mol. The Kier molecular flexibility index (Phi) is 8.20. The summed E-state index contributed by atoms with van der Waals surface area (Å²) in [5, 5.41) is 0. The van der Waals surface area contributed by atoms with Crippen molar-refractivity contribution in [3.63, 3.8) is 0 Å². The lowest BCUT2D eigenvalue weighted by atomic mass is 9.67. The van der Waals surface area contributed by atoms with Crippen molar-refractivity contribution in [1.82, 2.24) is 0 Å². The number of hydrogen-bond acceptors (Lipinski definition) is 8. The molecule has 4 bridgehead atoms. The van der Waals surface area contributed by atoms with Crippen molar-refractivity contribution in [3.8, 4) is 0 Å². The average Bonchev–Trinajstić information content (AvgIpc) is 3.37. The summed E-state index contributed by atoms with van der Waals surface area (Å²) in [5.74, 6) is -0.704. The van der Waals surface area contributed by atoms with E-state index in [-0.39, 0.29) is 35.0 Å². The summed E-state index contributed by atoms with van der Waals surface area (Å²) in [4.78, 5) is 53.1. The molecule has 6 rings (SSSR count). The Bertz CT molecular complexity index is 1460. The fourth-order valence-corrected chi connectivity index (χ4v) is 9.89. The van der Waals surface area contributed by atoms with Gasteiger partial charge in [-0.05, 0) is 87.0 Å². The fraction of sp³-hybridized carbons (Fsp3) is 0.684. The van der Waals surface area contributed by atoms with Crippen LogP contribution in [0.2, 0.25) is 0 Å². The predicted octanol–water partition coefficient (Wildman–Crippen LogP) is 6.74. The summed E-state index contributed by atoms with van der Waals surface area (Å²) in [5.41, 5.74) is 2.00.